The molecule has 2 amide bonds. The molecule has 0 fully saturated rings. The molecule has 30 heavy (non-hydrogen) atoms. The molecule has 0 spiro atoms. The van der Waals surface area contributed by atoms with E-state index in [0.717, 1.165) is 6.20 Å². The van der Waals surface area contributed by atoms with Crippen LogP contribution in [-0.2, 0) is 0 Å². The van der Waals surface area contributed by atoms with E-state index in [0.29, 0.717) is 0 Å². The number of aromatic amines is 1. The fourth-order valence-corrected chi connectivity index (χ4v) is 2.37. The first kappa shape index (κ1) is 20.7. The van der Waals surface area contributed by atoms with Crippen molar-refractivity contribution >= 4 is 34.5 Å². The number of nitrogens with one attached hydrogen (secondary N) is 3. The van der Waals surface area contributed by atoms with Gasteiger partial charge in [0.05, 0.1) is 23.4 Å². The van der Waals surface area contributed by atoms with E-state index in [2.05, 4.69) is 30.6 Å². The molecule has 1 aromatic carbocycles. The lowest BCUT2D eigenvalue weighted by Gasteiger charge is -2.14. The Morgan fingerprint density at radius 3 is 2.53 bits per heavy atom. The zero-order valence-corrected chi connectivity index (χ0v) is 15.0. The Labute approximate surface area is 166 Å². The number of rotatable bonds is 6. The molecule has 0 aliphatic carbocycles. The van der Waals surface area contributed by atoms with E-state index in [1.54, 1.807) is 0 Å². The van der Waals surface area contributed by atoms with Gasteiger partial charge in [-0.2, -0.15) is 4.98 Å². The molecule has 14 heteroatoms. The van der Waals surface area contributed by atoms with Gasteiger partial charge in [0.25, 0.3) is 11.2 Å². The first-order valence-electron chi connectivity index (χ1n) is 8.35. The predicted octanol–water partition coefficient (Wildman–Crippen LogP) is -0.348. The molecular formula is C16H15N7O7. The number of hydrogen-bond donors (Lipinski definition) is 6. The number of carbonyl (C=O) groups excluding carboxylic acids is 1. The summed E-state index contributed by atoms with van der Waals surface area (Å²) in [5.41, 5.74) is -1.19. The summed E-state index contributed by atoms with van der Waals surface area (Å²) in [6.07, 6.45) is -2.00. The Hall–Kier alpha value is -4.01. The van der Waals surface area contributed by atoms with E-state index in [1.165, 1.54) is 24.3 Å². The van der Waals surface area contributed by atoms with Gasteiger partial charge in [-0.25, -0.2) is 14.8 Å². The number of H-pyrrole nitrogens is 1. The fraction of sp³-hybridized carbons (Fsp3) is 0.188. The third-order valence-electron chi connectivity index (χ3n) is 3.86. The number of fused-ring (bicyclic) bond motifs is 1. The Kier molecular flexibility index (Phi) is 5.91. The van der Waals surface area contributed by atoms with Crippen LogP contribution < -0.4 is 16.2 Å². The van der Waals surface area contributed by atoms with Crippen molar-refractivity contribution in [2.75, 3.05) is 17.2 Å². The highest BCUT2D eigenvalue weighted by atomic mass is 16.6. The third kappa shape index (κ3) is 4.52. The number of non-ortho nitro benzene ring substituents is 1. The van der Waals surface area contributed by atoms with Gasteiger partial charge in [-0.05, 0) is 12.1 Å². The number of nitrogens with zero attached hydrogens (tertiary/aromatic N) is 4. The van der Waals surface area contributed by atoms with E-state index in [4.69, 9.17) is 5.11 Å². The van der Waals surface area contributed by atoms with E-state index in [9.17, 15) is 29.9 Å². The second-order valence-electron chi connectivity index (χ2n) is 5.96. The lowest BCUT2D eigenvalue weighted by Crippen LogP contribution is -2.25. The predicted molar refractivity (Wildman–Crippen MR) is 102 cm³/mol. The normalized spacial score (nSPS) is 12.9. The topological polar surface area (TPSA) is 216 Å². The molecule has 0 saturated heterocycles. The molecule has 0 aliphatic heterocycles. The van der Waals surface area contributed by atoms with Crippen LogP contribution in [-0.4, -0.2) is 58.9 Å². The maximum absolute atomic E-state index is 12.2. The van der Waals surface area contributed by atoms with E-state index in [1.807, 2.05) is 0 Å². The summed E-state index contributed by atoms with van der Waals surface area (Å²) in [6.45, 7) is -0.720. The number of aliphatic hydroxyl groups is 3. The minimum absolute atomic E-state index is 0.140. The molecule has 0 bridgehead atoms. The number of carbonyl (C=O) groups is 1. The summed E-state index contributed by atoms with van der Waals surface area (Å²) < 4.78 is 0. The SMILES string of the molecule is O=C(Nc1ccc([N+](=O)[O-])cc1)Nc1nc2ncc(C(O)C(O)CO)nc2c(=O)[nH]1. The van der Waals surface area contributed by atoms with Crippen molar-refractivity contribution in [2.45, 2.75) is 12.2 Å². The minimum Gasteiger partial charge on any atom is -0.394 e. The largest absolute Gasteiger partial charge is 0.394 e. The van der Waals surface area contributed by atoms with Crippen molar-refractivity contribution in [1.29, 1.82) is 0 Å². The monoisotopic (exact) mass is 417 g/mol. The molecule has 0 aliphatic rings. The Morgan fingerprint density at radius 1 is 1.20 bits per heavy atom. The van der Waals surface area contributed by atoms with E-state index in [-0.39, 0.29) is 34.2 Å². The molecule has 2 unspecified atom stereocenters. The third-order valence-corrected chi connectivity index (χ3v) is 3.86. The zero-order chi connectivity index (χ0) is 21.8. The summed E-state index contributed by atoms with van der Waals surface area (Å²) in [5.74, 6) is -0.245. The molecule has 156 valence electrons. The van der Waals surface area contributed by atoms with Crippen LogP contribution in [0, 0.1) is 10.1 Å². The summed E-state index contributed by atoms with van der Waals surface area (Å²) in [4.78, 5) is 48.3. The molecule has 0 radical (unpaired) electrons. The molecule has 0 saturated carbocycles. The van der Waals surface area contributed by atoms with Crippen molar-refractivity contribution in [3.63, 3.8) is 0 Å². The molecule has 14 nitrogen and oxygen atoms in total. The molecule has 3 rings (SSSR count). The number of nitro groups is 1. The molecule has 2 aromatic heterocycles. The molecule has 2 heterocycles. The number of nitro benzene ring substituents is 1. The van der Waals surface area contributed by atoms with Crippen LogP contribution in [0.25, 0.3) is 11.2 Å². The van der Waals surface area contributed by atoms with E-state index < -0.39 is 35.3 Å². The van der Waals surface area contributed by atoms with Crippen LogP contribution in [0.2, 0.25) is 0 Å². The highest BCUT2D eigenvalue weighted by Gasteiger charge is 2.21. The zero-order valence-electron chi connectivity index (χ0n) is 15.0. The van der Waals surface area contributed by atoms with Gasteiger partial charge in [0.2, 0.25) is 5.95 Å². The second-order valence-corrected chi connectivity index (χ2v) is 5.96. The number of benzene rings is 1. The molecule has 3 aromatic rings. The molecule has 2 atom stereocenters. The van der Waals surface area contributed by atoms with Crippen molar-refractivity contribution in [3.8, 4) is 0 Å². The maximum Gasteiger partial charge on any atom is 0.326 e. The number of amides is 2. The second kappa shape index (κ2) is 8.56. The quantitative estimate of drug-likeness (QED) is 0.226. The summed E-state index contributed by atoms with van der Waals surface area (Å²) in [7, 11) is 0. The van der Waals surface area contributed by atoms with Gasteiger partial charge in [-0.15, -0.1) is 0 Å². The number of urea groups is 1. The Morgan fingerprint density at radius 2 is 1.90 bits per heavy atom. The number of anilines is 2. The van der Waals surface area contributed by atoms with Gasteiger partial charge in [0.1, 0.15) is 12.2 Å². The summed E-state index contributed by atoms with van der Waals surface area (Å²) in [6, 6.07) is 4.29. The van der Waals surface area contributed by atoms with Gasteiger partial charge in [-0.3, -0.25) is 25.2 Å². The lowest BCUT2D eigenvalue weighted by molar-refractivity contribution is -0.384. The van der Waals surface area contributed by atoms with Crippen LogP contribution in [0.15, 0.2) is 35.3 Å². The minimum atomic E-state index is -1.56. The molecular weight excluding hydrogens is 402 g/mol. The smallest absolute Gasteiger partial charge is 0.326 e. The average Bonchev–Trinajstić information content (AvgIpc) is 2.72. The average molecular weight is 417 g/mol. The van der Waals surface area contributed by atoms with Crippen molar-refractivity contribution in [2.24, 2.45) is 0 Å². The van der Waals surface area contributed by atoms with Crippen LogP contribution in [0.4, 0.5) is 22.1 Å². The van der Waals surface area contributed by atoms with Crippen LogP contribution in [0.5, 0.6) is 0 Å². The lowest BCUT2D eigenvalue weighted by atomic mass is 10.1. The standard InChI is InChI=1S/C16H15N7O7/c24-6-10(25)12(26)9-5-17-13-11(19-9)14(27)21-15(20-13)22-16(28)18-7-1-3-8(4-2-7)23(29)30/h1-5,10,12,24-26H,6H2,(H3,17,18,20,21,22,27,28). The first-order chi connectivity index (χ1) is 14.3. The van der Waals surface area contributed by atoms with Crippen molar-refractivity contribution in [3.05, 3.63) is 56.6 Å². The van der Waals surface area contributed by atoms with Crippen LogP contribution in [0.3, 0.4) is 0 Å². The van der Waals surface area contributed by atoms with Crippen LogP contribution >= 0.6 is 0 Å². The Bertz CT molecular complexity index is 1150. The fourth-order valence-electron chi connectivity index (χ4n) is 2.37. The van der Waals surface area contributed by atoms with Crippen molar-refractivity contribution < 1.29 is 25.0 Å². The van der Waals surface area contributed by atoms with Gasteiger partial charge >= 0.3 is 6.03 Å². The number of aromatic nitrogens is 4. The number of aliphatic hydroxyl groups excluding tert-OH is 3. The van der Waals surface area contributed by atoms with Gasteiger partial charge < -0.3 is 20.6 Å². The summed E-state index contributed by atoms with van der Waals surface area (Å²) >= 11 is 0. The number of hydrogen-bond acceptors (Lipinski definition) is 10. The van der Waals surface area contributed by atoms with Gasteiger partial charge in [0, 0.05) is 17.8 Å². The van der Waals surface area contributed by atoms with Gasteiger partial charge in [0.15, 0.2) is 11.2 Å². The first-order valence-corrected chi connectivity index (χ1v) is 8.35. The van der Waals surface area contributed by atoms with E-state index >= 15 is 0 Å². The maximum atomic E-state index is 12.2. The summed E-state index contributed by atoms with van der Waals surface area (Å²) in [5, 5.41) is 43.5. The molecule has 6 N–H and O–H groups in total. The highest BCUT2D eigenvalue weighted by molar-refractivity contribution is 5.98. The van der Waals surface area contributed by atoms with Crippen LogP contribution in [0.1, 0.15) is 11.8 Å². The Balaban J connectivity index is 1.77. The van der Waals surface area contributed by atoms with Crippen molar-refractivity contribution in [1.82, 2.24) is 19.9 Å². The van der Waals surface area contributed by atoms with Gasteiger partial charge in [-0.1, -0.05) is 0 Å². The highest BCUT2D eigenvalue weighted by Crippen LogP contribution is 2.17.